The van der Waals surface area contributed by atoms with E-state index in [1.165, 1.54) is 11.0 Å². The van der Waals surface area contributed by atoms with Crippen LogP contribution < -0.4 is 4.90 Å². The van der Waals surface area contributed by atoms with Crippen molar-refractivity contribution < 1.29 is 36.2 Å². The molecule has 0 saturated carbocycles. The standard InChI is InChI=1S/C46H28F6N2O2/c47-45(48,49)29-24-25-32(37(26-29)46(50,51)52)34-19-10-20-35-33-16-7-8-22-38(33)53(42(34)35)39-23-11-21-36-40(39)44(56)54(43(36)55)41-30(27-12-3-1-4-13-27)17-9-18-31(41)28-14-5-2-6-15-28/h1-26,43,55H. The average molecular weight is 755 g/mol. The van der Waals surface area contributed by atoms with E-state index in [1.807, 2.05) is 78.9 Å². The molecule has 0 spiro atoms. The molecule has 1 N–H and O–H groups in total. The van der Waals surface area contributed by atoms with Crippen LogP contribution >= 0.6 is 0 Å². The van der Waals surface area contributed by atoms with Gasteiger partial charge in [-0.2, -0.15) is 26.3 Å². The molecule has 1 aliphatic heterocycles. The molecule has 1 atom stereocenters. The number of aliphatic hydroxyl groups is 1. The van der Waals surface area contributed by atoms with Gasteiger partial charge >= 0.3 is 12.4 Å². The van der Waals surface area contributed by atoms with E-state index in [2.05, 4.69) is 0 Å². The number of anilines is 1. The summed E-state index contributed by atoms with van der Waals surface area (Å²) >= 11 is 0. The molecule has 0 radical (unpaired) electrons. The highest BCUT2D eigenvalue weighted by Gasteiger charge is 2.42. The lowest BCUT2D eigenvalue weighted by atomic mass is 9.95. The van der Waals surface area contributed by atoms with Crippen LogP contribution in [-0.4, -0.2) is 15.6 Å². The molecule has 8 aromatic rings. The van der Waals surface area contributed by atoms with Gasteiger partial charge in [-0.15, -0.1) is 0 Å². The van der Waals surface area contributed by atoms with Gasteiger partial charge in [0, 0.05) is 33.0 Å². The molecule has 1 aliphatic rings. The van der Waals surface area contributed by atoms with Crippen molar-refractivity contribution in [2.24, 2.45) is 0 Å². The average Bonchev–Trinajstić information content (AvgIpc) is 3.68. The van der Waals surface area contributed by atoms with E-state index in [1.54, 1.807) is 59.2 Å². The summed E-state index contributed by atoms with van der Waals surface area (Å²) in [6.07, 6.45) is -11.6. The zero-order chi connectivity index (χ0) is 38.9. The van der Waals surface area contributed by atoms with Crippen LogP contribution in [0.2, 0.25) is 0 Å². The molecule has 7 aromatic carbocycles. The van der Waals surface area contributed by atoms with Crippen molar-refractivity contribution in [2.75, 3.05) is 4.90 Å². The third-order valence-corrected chi connectivity index (χ3v) is 10.4. The highest BCUT2D eigenvalue weighted by atomic mass is 19.4. The number of amides is 1. The van der Waals surface area contributed by atoms with E-state index in [0.29, 0.717) is 39.2 Å². The van der Waals surface area contributed by atoms with Crippen LogP contribution in [0, 0.1) is 0 Å². The second kappa shape index (κ2) is 13.0. The van der Waals surface area contributed by atoms with Gasteiger partial charge in [-0.3, -0.25) is 9.69 Å². The molecule has 1 amide bonds. The SMILES string of the molecule is O=C1c2c(cccc2-n2c3ccccc3c3cccc(-c4ccc(C(F)(F)F)cc4C(F)(F)F)c32)C(O)N1c1c(-c2ccccc2)cccc1-c1ccccc1. The molecule has 0 saturated heterocycles. The van der Waals surface area contributed by atoms with Crippen LogP contribution in [0.25, 0.3) is 60.9 Å². The van der Waals surface area contributed by atoms with Gasteiger partial charge in [0.2, 0.25) is 0 Å². The molecule has 0 aliphatic carbocycles. The van der Waals surface area contributed by atoms with E-state index in [-0.39, 0.29) is 34.0 Å². The van der Waals surface area contributed by atoms with E-state index in [9.17, 15) is 31.4 Å². The molecular formula is C46H28F6N2O2. The summed E-state index contributed by atoms with van der Waals surface area (Å²) in [5, 5.41) is 13.4. The first kappa shape index (κ1) is 35.1. The highest BCUT2D eigenvalue weighted by molar-refractivity contribution is 6.19. The number of fused-ring (bicyclic) bond motifs is 4. The van der Waals surface area contributed by atoms with E-state index < -0.39 is 41.2 Å². The van der Waals surface area contributed by atoms with Gasteiger partial charge in [-0.25, -0.2) is 0 Å². The van der Waals surface area contributed by atoms with Gasteiger partial charge < -0.3 is 9.67 Å². The highest BCUT2D eigenvalue weighted by Crippen LogP contribution is 2.49. The van der Waals surface area contributed by atoms with Gasteiger partial charge in [0.05, 0.1) is 39.1 Å². The molecular weight excluding hydrogens is 727 g/mol. The normalized spacial score (nSPS) is 14.5. The zero-order valence-electron chi connectivity index (χ0n) is 29.1. The molecule has 10 heteroatoms. The molecule has 276 valence electrons. The fraction of sp³-hybridized carbons (Fsp3) is 0.0652. The predicted molar refractivity (Wildman–Crippen MR) is 205 cm³/mol. The summed E-state index contributed by atoms with van der Waals surface area (Å²) < 4.78 is 86.9. The van der Waals surface area contributed by atoms with Crippen molar-refractivity contribution in [3.05, 3.63) is 180 Å². The quantitative estimate of drug-likeness (QED) is 0.178. The molecule has 1 aromatic heterocycles. The van der Waals surface area contributed by atoms with Crippen LogP contribution in [0.15, 0.2) is 158 Å². The number of rotatable bonds is 5. The number of carbonyl (C=O) groups excluding carboxylic acids is 1. The minimum atomic E-state index is -5.13. The number of hydrogen-bond donors (Lipinski definition) is 1. The minimum absolute atomic E-state index is 0.0148. The van der Waals surface area contributed by atoms with Crippen molar-refractivity contribution in [3.8, 4) is 39.1 Å². The van der Waals surface area contributed by atoms with E-state index in [4.69, 9.17) is 0 Å². The number of aromatic nitrogens is 1. The smallest absolute Gasteiger partial charge is 0.369 e. The van der Waals surface area contributed by atoms with Crippen LogP contribution in [0.4, 0.5) is 32.0 Å². The lowest BCUT2D eigenvalue weighted by Gasteiger charge is -2.27. The van der Waals surface area contributed by atoms with Gasteiger partial charge in [0.1, 0.15) is 0 Å². The van der Waals surface area contributed by atoms with Gasteiger partial charge in [0.15, 0.2) is 6.23 Å². The summed E-state index contributed by atoms with van der Waals surface area (Å²) in [4.78, 5) is 16.5. The first-order valence-corrected chi connectivity index (χ1v) is 17.6. The molecule has 0 bridgehead atoms. The summed E-state index contributed by atoms with van der Waals surface area (Å²) in [5.74, 6) is -0.544. The number of nitrogens with zero attached hydrogens (tertiary/aromatic N) is 2. The van der Waals surface area contributed by atoms with Crippen molar-refractivity contribution in [2.45, 2.75) is 18.6 Å². The first-order valence-electron chi connectivity index (χ1n) is 17.6. The summed E-state index contributed by atoms with van der Waals surface area (Å²) in [5.41, 5.74) is 1.63. The topological polar surface area (TPSA) is 45.5 Å². The molecule has 4 nitrogen and oxygen atoms in total. The number of benzene rings is 7. The number of aliphatic hydroxyl groups excluding tert-OH is 1. The van der Waals surface area contributed by atoms with Crippen molar-refractivity contribution in [1.82, 2.24) is 4.57 Å². The fourth-order valence-electron chi connectivity index (χ4n) is 7.97. The number of para-hydroxylation sites is 3. The number of halogens is 6. The van der Waals surface area contributed by atoms with E-state index >= 15 is 4.79 Å². The van der Waals surface area contributed by atoms with Gasteiger partial charge in [-0.05, 0) is 41.0 Å². The van der Waals surface area contributed by atoms with Crippen LogP contribution in [0.3, 0.4) is 0 Å². The fourth-order valence-corrected chi connectivity index (χ4v) is 7.97. The lowest BCUT2D eigenvalue weighted by Crippen LogP contribution is -2.29. The maximum absolute atomic E-state index is 15.1. The summed E-state index contributed by atoms with van der Waals surface area (Å²) in [7, 11) is 0. The maximum atomic E-state index is 15.1. The van der Waals surface area contributed by atoms with Crippen molar-refractivity contribution in [1.29, 1.82) is 0 Å². The number of alkyl halides is 6. The van der Waals surface area contributed by atoms with Crippen LogP contribution in [0.1, 0.15) is 33.3 Å². The monoisotopic (exact) mass is 754 g/mol. The Balaban J connectivity index is 1.31. The zero-order valence-corrected chi connectivity index (χ0v) is 29.1. The summed E-state index contributed by atoms with van der Waals surface area (Å²) in [6.45, 7) is 0. The first-order chi connectivity index (χ1) is 26.9. The number of carbonyl (C=O) groups is 1. The minimum Gasteiger partial charge on any atom is -0.369 e. The van der Waals surface area contributed by atoms with Crippen LogP contribution in [0.5, 0.6) is 0 Å². The Labute approximate surface area is 316 Å². The second-order valence-electron chi connectivity index (χ2n) is 13.5. The second-order valence-corrected chi connectivity index (χ2v) is 13.5. The van der Waals surface area contributed by atoms with Crippen molar-refractivity contribution in [3.63, 3.8) is 0 Å². The van der Waals surface area contributed by atoms with Gasteiger partial charge in [-0.1, -0.05) is 133 Å². The van der Waals surface area contributed by atoms with Gasteiger partial charge in [0.25, 0.3) is 5.91 Å². The Morgan fingerprint density at radius 3 is 1.75 bits per heavy atom. The Morgan fingerprint density at radius 2 is 1.11 bits per heavy atom. The molecule has 2 heterocycles. The summed E-state index contributed by atoms with van der Waals surface area (Å²) in [6, 6.07) is 43.0. The lowest BCUT2D eigenvalue weighted by molar-refractivity contribution is -0.142. The van der Waals surface area contributed by atoms with Crippen molar-refractivity contribution >= 4 is 33.4 Å². The Bertz CT molecular complexity index is 2770. The Kier molecular flexibility index (Phi) is 8.14. The molecule has 1 unspecified atom stereocenters. The molecule has 56 heavy (non-hydrogen) atoms. The Morgan fingerprint density at radius 1 is 0.536 bits per heavy atom. The third kappa shape index (κ3) is 5.55. The third-order valence-electron chi connectivity index (χ3n) is 10.4. The Hall–Kier alpha value is -6.65. The maximum Gasteiger partial charge on any atom is 0.417 e. The van der Waals surface area contributed by atoms with E-state index in [0.717, 1.165) is 17.2 Å². The van der Waals surface area contributed by atoms with Crippen LogP contribution in [-0.2, 0) is 12.4 Å². The molecule has 9 rings (SSSR count). The largest absolute Gasteiger partial charge is 0.417 e. The predicted octanol–water partition coefficient (Wildman–Crippen LogP) is 12.5. The molecule has 0 fully saturated rings. The number of hydrogen-bond acceptors (Lipinski definition) is 2.